The molecule has 0 bridgehead atoms. The number of benzene rings is 1. The SMILES string of the molecule is O=S(=O)(NCC1CCCN1)c1ccccc1Cl. The number of halogens is 1. The summed E-state index contributed by atoms with van der Waals surface area (Å²) in [6.07, 6.45) is 2.10. The van der Waals surface area contributed by atoms with Crippen LogP contribution in [0.3, 0.4) is 0 Å². The summed E-state index contributed by atoms with van der Waals surface area (Å²) in [7, 11) is -3.50. The van der Waals surface area contributed by atoms with Crippen molar-refractivity contribution in [3.05, 3.63) is 29.3 Å². The second-order valence-electron chi connectivity index (χ2n) is 4.08. The maximum absolute atomic E-state index is 12.0. The molecule has 1 saturated heterocycles. The van der Waals surface area contributed by atoms with Gasteiger partial charge >= 0.3 is 0 Å². The molecule has 1 aliphatic rings. The van der Waals surface area contributed by atoms with Gasteiger partial charge in [-0.15, -0.1) is 0 Å². The predicted molar refractivity (Wildman–Crippen MR) is 67.7 cm³/mol. The van der Waals surface area contributed by atoms with Gasteiger partial charge in [-0.3, -0.25) is 0 Å². The van der Waals surface area contributed by atoms with Crippen molar-refractivity contribution in [1.82, 2.24) is 10.0 Å². The minimum absolute atomic E-state index is 0.139. The van der Waals surface area contributed by atoms with E-state index in [0.717, 1.165) is 19.4 Å². The van der Waals surface area contributed by atoms with Gasteiger partial charge in [0.2, 0.25) is 10.0 Å². The second kappa shape index (κ2) is 5.35. The van der Waals surface area contributed by atoms with Crippen LogP contribution in [0.1, 0.15) is 12.8 Å². The standard InChI is InChI=1S/C11H15ClN2O2S/c12-10-5-1-2-6-11(10)17(15,16)14-8-9-4-3-7-13-9/h1-2,5-6,9,13-14H,3-4,7-8H2. The van der Waals surface area contributed by atoms with Crippen molar-refractivity contribution >= 4 is 21.6 Å². The first-order valence-electron chi connectivity index (χ1n) is 5.57. The highest BCUT2D eigenvalue weighted by molar-refractivity contribution is 7.89. The van der Waals surface area contributed by atoms with Crippen molar-refractivity contribution in [3.63, 3.8) is 0 Å². The van der Waals surface area contributed by atoms with Gasteiger partial charge in [-0.2, -0.15) is 0 Å². The summed E-state index contributed by atoms with van der Waals surface area (Å²) in [5.74, 6) is 0. The van der Waals surface area contributed by atoms with Gasteiger partial charge in [0.25, 0.3) is 0 Å². The van der Waals surface area contributed by atoms with Crippen LogP contribution < -0.4 is 10.0 Å². The third-order valence-electron chi connectivity index (χ3n) is 2.81. The van der Waals surface area contributed by atoms with Crippen molar-refractivity contribution in [3.8, 4) is 0 Å². The van der Waals surface area contributed by atoms with Crippen LogP contribution in [0.4, 0.5) is 0 Å². The molecular weight excluding hydrogens is 260 g/mol. The minimum atomic E-state index is -3.50. The van der Waals surface area contributed by atoms with Crippen LogP contribution in [-0.4, -0.2) is 27.5 Å². The lowest BCUT2D eigenvalue weighted by atomic mass is 10.2. The molecule has 1 atom stereocenters. The minimum Gasteiger partial charge on any atom is -0.313 e. The molecule has 1 unspecified atom stereocenters. The molecule has 1 aliphatic heterocycles. The van der Waals surface area contributed by atoms with Crippen molar-refractivity contribution < 1.29 is 8.42 Å². The van der Waals surface area contributed by atoms with E-state index in [2.05, 4.69) is 10.0 Å². The Bertz CT molecular complexity index is 484. The lowest BCUT2D eigenvalue weighted by Gasteiger charge is -2.12. The number of hydrogen-bond donors (Lipinski definition) is 2. The molecule has 1 aromatic carbocycles. The molecule has 0 aromatic heterocycles. The van der Waals surface area contributed by atoms with E-state index in [1.807, 2.05) is 0 Å². The van der Waals surface area contributed by atoms with Crippen LogP contribution in [0.15, 0.2) is 29.2 Å². The molecule has 4 nitrogen and oxygen atoms in total. The normalized spacial score (nSPS) is 20.6. The Morgan fingerprint density at radius 2 is 2.18 bits per heavy atom. The molecule has 0 amide bonds. The Labute approximate surface area is 106 Å². The number of sulfonamides is 1. The molecule has 1 heterocycles. The number of nitrogens with one attached hydrogen (secondary N) is 2. The summed E-state index contributed by atoms with van der Waals surface area (Å²) >= 11 is 5.87. The fourth-order valence-corrected chi connectivity index (χ4v) is 3.48. The molecule has 0 aliphatic carbocycles. The van der Waals surface area contributed by atoms with Crippen LogP contribution >= 0.6 is 11.6 Å². The zero-order chi connectivity index (χ0) is 12.3. The molecule has 17 heavy (non-hydrogen) atoms. The predicted octanol–water partition coefficient (Wildman–Crippen LogP) is 1.37. The fourth-order valence-electron chi connectivity index (χ4n) is 1.88. The molecule has 2 N–H and O–H groups in total. The number of rotatable bonds is 4. The average molecular weight is 275 g/mol. The Morgan fingerprint density at radius 3 is 2.82 bits per heavy atom. The van der Waals surface area contributed by atoms with E-state index in [-0.39, 0.29) is 16.0 Å². The third-order valence-corrected chi connectivity index (χ3v) is 4.73. The van der Waals surface area contributed by atoms with Crippen LogP contribution in [0.25, 0.3) is 0 Å². The van der Waals surface area contributed by atoms with Crippen molar-refractivity contribution in [2.75, 3.05) is 13.1 Å². The Morgan fingerprint density at radius 1 is 1.41 bits per heavy atom. The highest BCUT2D eigenvalue weighted by Crippen LogP contribution is 2.20. The van der Waals surface area contributed by atoms with E-state index >= 15 is 0 Å². The van der Waals surface area contributed by atoms with Crippen LogP contribution in [-0.2, 0) is 10.0 Å². The highest BCUT2D eigenvalue weighted by atomic mass is 35.5. The van der Waals surface area contributed by atoms with Gasteiger partial charge in [-0.25, -0.2) is 13.1 Å². The lowest BCUT2D eigenvalue weighted by molar-refractivity contribution is 0.552. The lowest BCUT2D eigenvalue weighted by Crippen LogP contribution is -2.37. The molecule has 2 rings (SSSR count). The highest BCUT2D eigenvalue weighted by Gasteiger charge is 2.20. The molecule has 1 aromatic rings. The van der Waals surface area contributed by atoms with E-state index in [1.54, 1.807) is 18.2 Å². The molecule has 6 heteroatoms. The topological polar surface area (TPSA) is 58.2 Å². The van der Waals surface area contributed by atoms with E-state index < -0.39 is 10.0 Å². The monoisotopic (exact) mass is 274 g/mol. The van der Waals surface area contributed by atoms with E-state index in [0.29, 0.717) is 6.54 Å². The Hall–Kier alpha value is -0.620. The van der Waals surface area contributed by atoms with Gasteiger partial charge in [-0.05, 0) is 31.5 Å². The maximum Gasteiger partial charge on any atom is 0.242 e. The molecule has 0 spiro atoms. The summed E-state index contributed by atoms with van der Waals surface area (Å²) in [6, 6.07) is 6.68. The zero-order valence-corrected chi connectivity index (χ0v) is 10.9. The summed E-state index contributed by atoms with van der Waals surface area (Å²) in [5.41, 5.74) is 0. The van der Waals surface area contributed by atoms with Gasteiger partial charge in [-0.1, -0.05) is 23.7 Å². The first-order chi connectivity index (χ1) is 8.09. The third kappa shape index (κ3) is 3.19. The molecular formula is C11H15ClN2O2S. The average Bonchev–Trinajstić information content (AvgIpc) is 2.80. The van der Waals surface area contributed by atoms with Crippen LogP contribution in [0.2, 0.25) is 5.02 Å². The largest absolute Gasteiger partial charge is 0.313 e. The van der Waals surface area contributed by atoms with E-state index in [9.17, 15) is 8.42 Å². The smallest absolute Gasteiger partial charge is 0.242 e. The number of hydrogen-bond acceptors (Lipinski definition) is 3. The summed E-state index contributed by atoms with van der Waals surface area (Å²) in [6.45, 7) is 1.37. The quantitative estimate of drug-likeness (QED) is 0.872. The van der Waals surface area contributed by atoms with Gasteiger partial charge in [0.1, 0.15) is 4.90 Å². The Kier molecular flexibility index (Phi) is 4.04. The molecule has 1 fully saturated rings. The molecule has 0 saturated carbocycles. The van der Waals surface area contributed by atoms with Crippen molar-refractivity contribution in [1.29, 1.82) is 0 Å². The van der Waals surface area contributed by atoms with E-state index in [1.165, 1.54) is 6.07 Å². The zero-order valence-electron chi connectivity index (χ0n) is 9.32. The summed E-state index contributed by atoms with van der Waals surface area (Å²) < 4.78 is 26.6. The van der Waals surface area contributed by atoms with Crippen molar-refractivity contribution in [2.45, 2.75) is 23.8 Å². The van der Waals surface area contributed by atoms with Gasteiger partial charge in [0.05, 0.1) is 5.02 Å². The van der Waals surface area contributed by atoms with Gasteiger partial charge in [0, 0.05) is 12.6 Å². The molecule has 0 radical (unpaired) electrons. The second-order valence-corrected chi connectivity index (χ2v) is 6.22. The first-order valence-corrected chi connectivity index (χ1v) is 7.43. The van der Waals surface area contributed by atoms with Crippen LogP contribution in [0, 0.1) is 0 Å². The summed E-state index contributed by atoms with van der Waals surface area (Å²) in [5, 5.41) is 3.48. The van der Waals surface area contributed by atoms with Gasteiger partial charge in [0.15, 0.2) is 0 Å². The Balaban J connectivity index is 2.06. The van der Waals surface area contributed by atoms with E-state index in [4.69, 9.17) is 11.6 Å². The maximum atomic E-state index is 12.0. The summed E-state index contributed by atoms with van der Waals surface area (Å²) in [4.78, 5) is 0.139. The molecule has 94 valence electrons. The van der Waals surface area contributed by atoms with Crippen LogP contribution in [0.5, 0.6) is 0 Å². The van der Waals surface area contributed by atoms with Gasteiger partial charge < -0.3 is 5.32 Å². The van der Waals surface area contributed by atoms with Crippen molar-refractivity contribution in [2.24, 2.45) is 0 Å². The first kappa shape index (κ1) is 12.8. The fraction of sp³-hybridized carbons (Fsp3) is 0.455.